The molecule has 0 atom stereocenters. The fraction of sp³-hybridized carbons (Fsp3) is 0.143. The lowest BCUT2D eigenvalue weighted by Gasteiger charge is -2.18. The van der Waals surface area contributed by atoms with Crippen LogP contribution in [-0.2, 0) is 5.92 Å². The van der Waals surface area contributed by atoms with Crippen molar-refractivity contribution in [2.75, 3.05) is 11.9 Å². The normalized spacial score (nSPS) is 11.4. The quantitative estimate of drug-likeness (QED) is 0.850. The van der Waals surface area contributed by atoms with Crippen molar-refractivity contribution in [3.63, 3.8) is 0 Å². The molecule has 0 heterocycles. The van der Waals surface area contributed by atoms with Gasteiger partial charge in [-0.05, 0) is 34.1 Å². The second kappa shape index (κ2) is 5.65. The van der Waals surface area contributed by atoms with Crippen LogP contribution in [0.2, 0.25) is 0 Å². The van der Waals surface area contributed by atoms with Crippen molar-refractivity contribution in [1.29, 1.82) is 0 Å². The number of nitrogens with one attached hydrogen (secondary N) is 1. The summed E-state index contributed by atoms with van der Waals surface area (Å²) in [4.78, 5) is 0. The smallest absolute Gasteiger partial charge is 0.290 e. The molecule has 0 aliphatic rings. The van der Waals surface area contributed by atoms with Gasteiger partial charge < -0.3 is 5.32 Å². The molecule has 0 saturated carbocycles. The molecule has 5 heteroatoms. The zero-order valence-electron chi connectivity index (χ0n) is 9.84. The van der Waals surface area contributed by atoms with Gasteiger partial charge in [0, 0.05) is 11.3 Å². The van der Waals surface area contributed by atoms with E-state index in [-0.39, 0.29) is 10.0 Å². The number of hydrogen-bond donors (Lipinski definition) is 1. The van der Waals surface area contributed by atoms with Crippen molar-refractivity contribution >= 4 is 21.6 Å². The molecule has 0 bridgehead atoms. The minimum Gasteiger partial charge on any atom is -0.379 e. The van der Waals surface area contributed by atoms with Crippen molar-refractivity contribution in [2.24, 2.45) is 0 Å². The number of rotatable bonds is 4. The van der Waals surface area contributed by atoms with Crippen molar-refractivity contribution < 1.29 is 13.2 Å². The van der Waals surface area contributed by atoms with Crippen LogP contribution in [0, 0.1) is 5.82 Å². The Labute approximate surface area is 117 Å². The minimum atomic E-state index is -2.98. The summed E-state index contributed by atoms with van der Waals surface area (Å²) in [5, 5.41) is 2.60. The second-order valence-electron chi connectivity index (χ2n) is 4.05. The molecule has 0 radical (unpaired) electrons. The molecule has 2 aromatic carbocycles. The topological polar surface area (TPSA) is 12.0 Å². The Bertz CT molecular complexity index is 558. The van der Waals surface area contributed by atoms with Gasteiger partial charge >= 0.3 is 0 Å². The Kier molecular flexibility index (Phi) is 4.14. The number of alkyl halides is 2. The molecule has 2 aromatic rings. The summed E-state index contributed by atoms with van der Waals surface area (Å²) in [5.41, 5.74) is 0.382. The third-order valence-corrected chi connectivity index (χ3v) is 3.24. The molecule has 0 unspecified atom stereocenters. The van der Waals surface area contributed by atoms with E-state index in [4.69, 9.17) is 0 Å². The Balaban J connectivity index is 2.07. The van der Waals surface area contributed by atoms with Crippen LogP contribution in [0.3, 0.4) is 0 Å². The van der Waals surface area contributed by atoms with E-state index in [0.29, 0.717) is 5.69 Å². The van der Waals surface area contributed by atoms with Crippen LogP contribution in [0.5, 0.6) is 0 Å². The maximum atomic E-state index is 13.9. The number of halogens is 4. The maximum absolute atomic E-state index is 13.9. The SMILES string of the molecule is Fc1ccc(NCC(F)(F)c2ccccc2)cc1Br. The number of hydrogen-bond acceptors (Lipinski definition) is 1. The zero-order valence-corrected chi connectivity index (χ0v) is 11.4. The highest BCUT2D eigenvalue weighted by molar-refractivity contribution is 9.10. The lowest BCUT2D eigenvalue weighted by molar-refractivity contribution is 0.0106. The highest BCUT2D eigenvalue weighted by Crippen LogP contribution is 2.28. The van der Waals surface area contributed by atoms with Crippen molar-refractivity contribution in [2.45, 2.75) is 5.92 Å². The second-order valence-corrected chi connectivity index (χ2v) is 4.91. The van der Waals surface area contributed by atoms with Crippen molar-refractivity contribution in [1.82, 2.24) is 0 Å². The van der Waals surface area contributed by atoms with Crippen LogP contribution in [0.25, 0.3) is 0 Å². The Morgan fingerprint density at radius 3 is 2.37 bits per heavy atom. The first-order chi connectivity index (χ1) is 8.99. The molecular formula is C14H11BrF3N. The first-order valence-corrected chi connectivity index (χ1v) is 6.40. The molecule has 0 aliphatic carbocycles. The molecule has 0 saturated heterocycles. The Hall–Kier alpha value is -1.49. The largest absolute Gasteiger partial charge is 0.379 e. The van der Waals surface area contributed by atoms with Gasteiger partial charge in [-0.15, -0.1) is 0 Å². The molecule has 0 aliphatic heterocycles. The Morgan fingerprint density at radius 2 is 1.74 bits per heavy atom. The standard InChI is InChI=1S/C14H11BrF3N/c15-12-8-11(6-7-13(12)16)19-9-14(17,18)10-4-2-1-3-5-10/h1-8,19H,9H2. The lowest BCUT2D eigenvalue weighted by Crippen LogP contribution is -2.24. The number of benzene rings is 2. The average Bonchev–Trinajstić information content (AvgIpc) is 2.41. The average molecular weight is 330 g/mol. The zero-order chi connectivity index (χ0) is 13.9. The van der Waals surface area contributed by atoms with Crippen LogP contribution >= 0.6 is 15.9 Å². The number of anilines is 1. The monoisotopic (exact) mass is 329 g/mol. The summed E-state index contributed by atoms with van der Waals surface area (Å²) >= 11 is 3.01. The molecule has 19 heavy (non-hydrogen) atoms. The van der Waals surface area contributed by atoms with Gasteiger partial charge in [0.1, 0.15) is 5.82 Å². The van der Waals surface area contributed by atoms with Crippen molar-refractivity contribution in [3.05, 3.63) is 64.4 Å². The van der Waals surface area contributed by atoms with Gasteiger partial charge in [-0.2, -0.15) is 8.78 Å². The van der Waals surface area contributed by atoms with Crippen molar-refractivity contribution in [3.8, 4) is 0 Å². The van der Waals surface area contributed by atoms with Gasteiger partial charge in [0.15, 0.2) is 0 Å². The third-order valence-electron chi connectivity index (χ3n) is 2.63. The Morgan fingerprint density at radius 1 is 1.05 bits per heavy atom. The van der Waals surface area contributed by atoms with Crippen LogP contribution in [0.4, 0.5) is 18.9 Å². The third kappa shape index (κ3) is 3.50. The summed E-state index contributed by atoms with van der Waals surface area (Å²) in [5.74, 6) is -3.41. The molecular weight excluding hydrogens is 319 g/mol. The van der Waals surface area contributed by atoms with Gasteiger partial charge in [0.25, 0.3) is 5.92 Å². The van der Waals surface area contributed by atoms with Gasteiger partial charge in [0.05, 0.1) is 11.0 Å². The maximum Gasteiger partial charge on any atom is 0.290 e. The van der Waals surface area contributed by atoms with Gasteiger partial charge in [-0.25, -0.2) is 4.39 Å². The van der Waals surface area contributed by atoms with Crippen LogP contribution < -0.4 is 5.32 Å². The van der Waals surface area contributed by atoms with E-state index < -0.39 is 18.3 Å². The van der Waals surface area contributed by atoms with E-state index in [2.05, 4.69) is 21.2 Å². The summed E-state index contributed by atoms with van der Waals surface area (Å²) < 4.78 is 41.0. The summed E-state index contributed by atoms with van der Waals surface area (Å²) in [6.07, 6.45) is 0. The first kappa shape index (κ1) is 13.9. The summed E-state index contributed by atoms with van der Waals surface area (Å²) in [6, 6.07) is 11.6. The van der Waals surface area contributed by atoms with Gasteiger partial charge in [-0.1, -0.05) is 30.3 Å². The highest BCUT2D eigenvalue weighted by atomic mass is 79.9. The lowest BCUT2D eigenvalue weighted by atomic mass is 10.1. The van der Waals surface area contributed by atoms with Crippen LogP contribution in [0.1, 0.15) is 5.56 Å². The van der Waals surface area contributed by atoms with E-state index >= 15 is 0 Å². The minimum absolute atomic E-state index is 0.0522. The fourth-order valence-corrected chi connectivity index (χ4v) is 1.98. The summed E-state index contributed by atoms with van der Waals surface area (Å²) in [7, 11) is 0. The predicted octanol–water partition coefficient (Wildman–Crippen LogP) is 4.79. The van der Waals surface area contributed by atoms with E-state index in [1.807, 2.05) is 0 Å². The van der Waals surface area contributed by atoms with Crippen LogP contribution in [-0.4, -0.2) is 6.54 Å². The van der Waals surface area contributed by atoms with E-state index in [1.54, 1.807) is 18.2 Å². The molecule has 0 spiro atoms. The molecule has 1 nitrogen and oxygen atoms in total. The van der Waals surface area contributed by atoms with E-state index in [0.717, 1.165) is 0 Å². The van der Waals surface area contributed by atoms with Gasteiger partial charge in [-0.3, -0.25) is 0 Å². The molecule has 100 valence electrons. The van der Waals surface area contributed by atoms with Crippen LogP contribution in [0.15, 0.2) is 53.0 Å². The molecule has 2 rings (SSSR count). The highest BCUT2D eigenvalue weighted by Gasteiger charge is 2.30. The van der Waals surface area contributed by atoms with Gasteiger partial charge in [0.2, 0.25) is 0 Å². The van der Waals surface area contributed by atoms with E-state index in [9.17, 15) is 13.2 Å². The first-order valence-electron chi connectivity index (χ1n) is 5.61. The predicted molar refractivity (Wildman–Crippen MR) is 72.9 cm³/mol. The fourth-order valence-electron chi connectivity index (χ4n) is 1.60. The molecule has 0 fully saturated rings. The summed E-state index contributed by atoms with van der Waals surface area (Å²) in [6.45, 7) is -0.547. The molecule has 1 N–H and O–H groups in total. The van der Waals surface area contributed by atoms with E-state index in [1.165, 1.54) is 30.3 Å². The molecule has 0 amide bonds. The molecule has 0 aromatic heterocycles.